The molecule has 0 atom stereocenters. The highest BCUT2D eigenvalue weighted by Crippen LogP contribution is 2.51. The van der Waals surface area contributed by atoms with Gasteiger partial charge in [0, 0.05) is 18.4 Å². The number of hydrogen-bond acceptors (Lipinski definition) is 3. The number of aromatic nitrogens is 2. The van der Waals surface area contributed by atoms with Crippen LogP contribution in [-0.2, 0) is 10.3 Å². The minimum atomic E-state index is -0.600. The molecule has 1 aromatic heterocycles. The fraction of sp³-hybridized carbons (Fsp3) is 0.636. The Morgan fingerprint density at radius 2 is 1.88 bits per heavy atom. The van der Waals surface area contributed by atoms with E-state index < -0.39 is 5.54 Å². The van der Waals surface area contributed by atoms with Crippen LogP contribution in [-0.4, -0.2) is 40.1 Å². The molecule has 2 aliphatic rings. The van der Waals surface area contributed by atoms with E-state index in [4.69, 9.17) is 5.10 Å². The van der Waals surface area contributed by atoms with E-state index in [2.05, 4.69) is 17.0 Å². The Labute approximate surface area is 156 Å². The Hall–Kier alpha value is -1.68. The summed E-state index contributed by atoms with van der Waals surface area (Å²) < 4.78 is 1.94. The van der Waals surface area contributed by atoms with Crippen molar-refractivity contribution in [3.63, 3.8) is 0 Å². The van der Waals surface area contributed by atoms with Gasteiger partial charge in [-0.1, -0.05) is 18.2 Å². The van der Waals surface area contributed by atoms with Gasteiger partial charge < -0.3 is 4.90 Å². The predicted molar refractivity (Wildman–Crippen MR) is 105 cm³/mol. The summed E-state index contributed by atoms with van der Waals surface area (Å²) >= 11 is 0. The molecule has 4 rings (SSSR count). The molecule has 2 fully saturated rings. The molecule has 2 aromatic rings. The van der Waals surface area contributed by atoms with Crippen LogP contribution in [0.2, 0.25) is 0 Å². The maximum absolute atomic E-state index is 13.2. The third-order valence-electron chi connectivity index (χ3n) is 6.58. The first kappa shape index (κ1) is 17.7. The van der Waals surface area contributed by atoms with Crippen molar-refractivity contribution in [2.45, 2.75) is 64.8 Å². The van der Waals surface area contributed by atoms with Crippen molar-refractivity contribution in [3.8, 4) is 0 Å². The molecular weight excluding hydrogens is 322 g/mol. The average Bonchev–Trinajstić information content (AvgIpc) is 3.03. The smallest absolute Gasteiger partial charge is 0.159 e. The van der Waals surface area contributed by atoms with Gasteiger partial charge in [-0.2, -0.15) is 5.10 Å². The molecule has 0 N–H and O–H groups in total. The number of carbonyl (C=O) groups excluding carboxylic acids is 1. The van der Waals surface area contributed by atoms with E-state index in [1.165, 1.54) is 45.3 Å². The minimum Gasteiger partial charge on any atom is -0.303 e. The van der Waals surface area contributed by atoms with E-state index in [0.717, 1.165) is 23.0 Å². The third-order valence-corrected chi connectivity index (χ3v) is 6.58. The van der Waals surface area contributed by atoms with Crippen LogP contribution >= 0.6 is 0 Å². The van der Waals surface area contributed by atoms with Crippen LogP contribution in [0.4, 0.5) is 0 Å². The first-order chi connectivity index (χ1) is 12.4. The molecule has 0 spiro atoms. The molecule has 140 valence electrons. The summed E-state index contributed by atoms with van der Waals surface area (Å²) in [7, 11) is 0. The molecule has 0 radical (unpaired) electrons. The number of ketones is 1. The molecule has 4 heteroatoms. The van der Waals surface area contributed by atoms with Gasteiger partial charge >= 0.3 is 0 Å². The highest BCUT2D eigenvalue weighted by molar-refractivity contribution is 5.89. The first-order valence-electron chi connectivity index (χ1n) is 10.1. The molecule has 1 saturated carbocycles. The number of fused-ring (bicyclic) bond motifs is 1. The van der Waals surface area contributed by atoms with E-state index in [9.17, 15) is 4.79 Å². The predicted octanol–water partition coefficient (Wildman–Crippen LogP) is 4.31. The molecule has 4 nitrogen and oxygen atoms in total. The number of rotatable bonds is 7. The van der Waals surface area contributed by atoms with Crippen molar-refractivity contribution in [1.82, 2.24) is 14.7 Å². The van der Waals surface area contributed by atoms with Crippen LogP contribution in [0.1, 0.15) is 58.1 Å². The van der Waals surface area contributed by atoms with Crippen LogP contribution in [0, 0.1) is 12.3 Å². The van der Waals surface area contributed by atoms with Gasteiger partial charge in [0.05, 0.1) is 11.2 Å². The largest absolute Gasteiger partial charge is 0.303 e. The molecule has 0 unspecified atom stereocenters. The average molecular weight is 354 g/mol. The van der Waals surface area contributed by atoms with E-state index in [0.29, 0.717) is 17.6 Å². The fourth-order valence-corrected chi connectivity index (χ4v) is 4.53. The van der Waals surface area contributed by atoms with Crippen molar-refractivity contribution in [2.75, 3.05) is 19.6 Å². The van der Waals surface area contributed by atoms with Crippen molar-refractivity contribution in [2.24, 2.45) is 5.41 Å². The first-order valence-corrected chi connectivity index (χ1v) is 10.1. The zero-order valence-corrected chi connectivity index (χ0v) is 16.4. The van der Waals surface area contributed by atoms with Gasteiger partial charge in [0.2, 0.25) is 0 Å². The maximum atomic E-state index is 13.2. The summed E-state index contributed by atoms with van der Waals surface area (Å²) in [5.41, 5.74) is 1.87. The number of nitrogens with zero attached hydrogens (tertiary/aromatic N) is 3. The second-order valence-corrected chi connectivity index (χ2v) is 8.98. The lowest BCUT2D eigenvalue weighted by molar-refractivity contribution is -0.126. The van der Waals surface area contributed by atoms with Gasteiger partial charge in [-0.15, -0.1) is 0 Å². The zero-order valence-electron chi connectivity index (χ0n) is 16.4. The number of aryl methyl sites for hydroxylation is 1. The van der Waals surface area contributed by atoms with Gasteiger partial charge in [-0.3, -0.25) is 9.48 Å². The number of likely N-dealkylation sites (tertiary alicyclic amines) is 1. The van der Waals surface area contributed by atoms with Crippen LogP contribution in [0.3, 0.4) is 0 Å². The number of Topliss-reactive ketones (excluding diaryl/α,β-unsaturated/α-hetero) is 1. The SMILES string of the molecule is Cc1nn(C(C)(C)C(=O)CCC2(CN3CCCC3)CC2)c2ccccc12. The summed E-state index contributed by atoms with van der Waals surface area (Å²) in [4.78, 5) is 15.8. The summed E-state index contributed by atoms with van der Waals surface area (Å²) in [5, 5.41) is 5.85. The van der Waals surface area contributed by atoms with Gasteiger partial charge in [0.1, 0.15) is 5.54 Å². The highest BCUT2D eigenvalue weighted by atomic mass is 16.1. The minimum absolute atomic E-state index is 0.304. The lowest BCUT2D eigenvalue weighted by Gasteiger charge is -2.27. The number of carbonyl (C=O) groups is 1. The maximum Gasteiger partial charge on any atom is 0.159 e. The van der Waals surface area contributed by atoms with Gasteiger partial charge in [-0.05, 0) is 77.4 Å². The van der Waals surface area contributed by atoms with E-state index >= 15 is 0 Å². The molecule has 1 saturated heterocycles. The van der Waals surface area contributed by atoms with Crippen LogP contribution in [0.25, 0.3) is 10.9 Å². The summed E-state index contributed by atoms with van der Waals surface area (Å²) in [6.45, 7) is 9.77. The second kappa shape index (κ2) is 6.49. The third kappa shape index (κ3) is 3.20. The number of para-hydroxylation sites is 1. The van der Waals surface area contributed by atoms with Crippen molar-refractivity contribution < 1.29 is 4.79 Å². The summed E-state index contributed by atoms with van der Waals surface area (Å²) in [6.07, 6.45) is 6.96. The Balaban J connectivity index is 1.46. The van der Waals surface area contributed by atoms with E-state index in [1.807, 2.05) is 37.6 Å². The second-order valence-electron chi connectivity index (χ2n) is 8.98. The fourth-order valence-electron chi connectivity index (χ4n) is 4.53. The normalized spacial score (nSPS) is 20.0. The molecule has 1 aliphatic carbocycles. The van der Waals surface area contributed by atoms with Crippen molar-refractivity contribution in [1.29, 1.82) is 0 Å². The van der Waals surface area contributed by atoms with Gasteiger partial charge in [-0.25, -0.2) is 0 Å². The van der Waals surface area contributed by atoms with Crippen molar-refractivity contribution in [3.05, 3.63) is 30.0 Å². The summed E-state index contributed by atoms with van der Waals surface area (Å²) in [5.74, 6) is 0.304. The van der Waals surface area contributed by atoms with Gasteiger partial charge in [0.15, 0.2) is 5.78 Å². The van der Waals surface area contributed by atoms with E-state index in [1.54, 1.807) is 0 Å². The lowest BCUT2D eigenvalue weighted by Crippen LogP contribution is -2.37. The Kier molecular flexibility index (Phi) is 4.42. The quantitative estimate of drug-likeness (QED) is 0.745. The molecule has 1 aliphatic heterocycles. The molecular formula is C22H31N3O. The highest BCUT2D eigenvalue weighted by Gasteiger charge is 2.45. The Bertz CT molecular complexity index is 810. The molecule has 0 bridgehead atoms. The Morgan fingerprint density at radius 3 is 2.58 bits per heavy atom. The number of hydrogen-bond donors (Lipinski definition) is 0. The standard InChI is InChI=1S/C22H31N3O/c1-17-18-8-4-5-9-19(18)25(23-17)21(2,3)20(26)10-11-22(12-13-22)16-24-14-6-7-15-24/h4-5,8-9H,6-7,10-16H2,1-3H3. The van der Waals surface area contributed by atoms with Crippen LogP contribution < -0.4 is 0 Å². The monoisotopic (exact) mass is 353 g/mol. The molecule has 0 amide bonds. The Morgan fingerprint density at radius 1 is 1.19 bits per heavy atom. The van der Waals surface area contributed by atoms with Crippen LogP contribution in [0.5, 0.6) is 0 Å². The van der Waals surface area contributed by atoms with E-state index in [-0.39, 0.29) is 0 Å². The van der Waals surface area contributed by atoms with Crippen LogP contribution in [0.15, 0.2) is 24.3 Å². The number of benzene rings is 1. The van der Waals surface area contributed by atoms with Crippen molar-refractivity contribution >= 4 is 16.7 Å². The lowest BCUT2D eigenvalue weighted by atomic mass is 9.90. The molecule has 2 heterocycles. The topological polar surface area (TPSA) is 38.1 Å². The summed E-state index contributed by atoms with van der Waals surface area (Å²) in [6, 6.07) is 8.21. The van der Waals surface area contributed by atoms with Gasteiger partial charge in [0.25, 0.3) is 0 Å². The zero-order chi connectivity index (χ0) is 18.4. The molecule has 1 aromatic carbocycles. The molecule has 26 heavy (non-hydrogen) atoms.